The minimum Gasteiger partial charge on any atom is -0.389 e. The SMILES string of the molecule is COCCN(C(=O)Cc1ccc(C(N)=S)cc1)C1CC1. The maximum atomic E-state index is 12.3. The number of carbonyl (C=O) groups excluding carboxylic acids is 1. The van der Waals surface area contributed by atoms with Crippen molar-refractivity contribution in [3.8, 4) is 0 Å². The first-order valence-corrected chi connectivity index (χ1v) is 7.20. The molecule has 20 heavy (non-hydrogen) atoms. The highest BCUT2D eigenvalue weighted by Gasteiger charge is 2.31. The zero-order valence-corrected chi connectivity index (χ0v) is 12.5. The Morgan fingerprint density at radius 2 is 2.05 bits per heavy atom. The largest absolute Gasteiger partial charge is 0.389 e. The quantitative estimate of drug-likeness (QED) is 0.774. The van der Waals surface area contributed by atoms with Crippen LogP contribution in [0.3, 0.4) is 0 Å². The average Bonchev–Trinajstić information content (AvgIpc) is 3.24. The zero-order valence-electron chi connectivity index (χ0n) is 11.7. The topological polar surface area (TPSA) is 55.6 Å². The van der Waals surface area contributed by atoms with Crippen LogP contribution in [0.25, 0.3) is 0 Å². The Morgan fingerprint density at radius 3 is 2.55 bits per heavy atom. The molecular formula is C15H20N2O2S. The summed E-state index contributed by atoms with van der Waals surface area (Å²) < 4.78 is 5.07. The first kappa shape index (κ1) is 14.9. The molecular weight excluding hydrogens is 272 g/mol. The fraction of sp³-hybridized carbons (Fsp3) is 0.467. The summed E-state index contributed by atoms with van der Waals surface area (Å²) in [6.07, 6.45) is 2.63. The first-order valence-electron chi connectivity index (χ1n) is 6.79. The number of hydrogen-bond acceptors (Lipinski definition) is 3. The molecule has 0 spiro atoms. The summed E-state index contributed by atoms with van der Waals surface area (Å²) in [5.41, 5.74) is 7.37. The Bertz CT molecular complexity index is 483. The molecule has 1 saturated carbocycles. The van der Waals surface area contributed by atoms with Gasteiger partial charge in [-0.15, -0.1) is 0 Å². The van der Waals surface area contributed by atoms with Crippen molar-refractivity contribution in [1.82, 2.24) is 4.90 Å². The minimum atomic E-state index is 0.160. The van der Waals surface area contributed by atoms with Gasteiger partial charge in [0.1, 0.15) is 4.99 Å². The summed E-state index contributed by atoms with van der Waals surface area (Å²) in [6, 6.07) is 7.96. The van der Waals surface area contributed by atoms with E-state index in [1.165, 1.54) is 0 Å². The van der Waals surface area contributed by atoms with Crippen molar-refractivity contribution in [1.29, 1.82) is 0 Å². The van der Waals surface area contributed by atoms with E-state index in [1.807, 2.05) is 29.2 Å². The molecule has 1 aromatic carbocycles. The van der Waals surface area contributed by atoms with E-state index in [4.69, 9.17) is 22.7 Å². The summed E-state index contributed by atoms with van der Waals surface area (Å²) in [5.74, 6) is 0.160. The van der Waals surface area contributed by atoms with Gasteiger partial charge in [0.15, 0.2) is 0 Å². The van der Waals surface area contributed by atoms with Crippen LogP contribution in [0.4, 0.5) is 0 Å². The fourth-order valence-corrected chi connectivity index (χ4v) is 2.29. The molecule has 0 atom stereocenters. The number of nitrogens with two attached hydrogens (primary N) is 1. The highest BCUT2D eigenvalue weighted by molar-refractivity contribution is 7.80. The van der Waals surface area contributed by atoms with Crippen LogP contribution in [0.2, 0.25) is 0 Å². The molecule has 2 N–H and O–H groups in total. The Hall–Kier alpha value is -1.46. The summed E-state index contributed by atoms with van der Waals surface area (Å²) in [6.45, 7) is 1.26. The van der Waals surface area contributed by atoms with Crippen molar-refractivity contribution in [3.63, 3.8) is 0 Å². The van der Waals surface area contributed by atoms with Crippen LogP contribution in [0.1, 0.15) is 24.0 Å². The van der Waals surface area contributed by atoms with Gasteiger partial charge in [-0.3, -0.25) is 4.79 Å². The second-order valence-electron chi connectivity index (χ2n) is 5.05. The van der Waals surface area contributed by atoms with E-state index in [0.717, 1.165) is 24.0 Å². The molecule has 0 aliphatic heterocycles. The standard InChI is InChI=1S/C15H20N2O2S/c1-19-9-8-17(13-6-7-13)14(18)10-11-2-4-12(5-3-11)15(16)20/h2-5,13H,6-10H2,1H3,(H2,16,20). The first-order chi connectivity index (χ1) is 9.61. The predicted molar refractivity (Wildman–Crippen MR) is 82.6 cm³/mol. The van der Waals surface area contributed by atoms with Gasteiger partial charge in [-0.2, -0.15) is 0 Å². The molecule has 0 unspecified atom stereocenters. The maximum absolute atomic E-state index is 12.3. The number of ether oxygens (including phenoxy) is 1. The molecule has 0 aromatic heterocycles. The molecule has 1 aromatic rings. The molecule has 2 rings (SSSR count). The number of thiocarbonyl (C=S) groups is 1. The summed E-state index contributed by atoms with van der Waals surface area (Å²) in [5, 5.41) is 0. The number of amides is 1. The van der Waals surface area contributed by atoms with Crippen LogP contribution in [0.15, 0.2) is 24.3 Å². The highest BCUT2D eigenvalue weighted by Crippen LogP contribution is 2.27. The lowest BCUT2D eigenvalue weighted by Gasteiger charge is -2.22. The van der Waals surface area contributed by atoms with Crippen molar-refractivity contribution in [2.75, 3.05) is 20.3 Å². The predicted octanol–water partition coefficient (Wildman–Crippen LogP) is 1.50. The van der Waals surface area contributed by atoms with Gasteiger partial charge >= 0.3 is 0 Å². The molecule has 1 aliphatic rings. The third kappa shape index (κ3) is 4.02. The number of hydrogen-bond donors (Lipinski definition) is 1. The van der Waals surface area contributed by atoms with Gasteiger partial charge in [-0.25, -0.2) is 0 Å². The minimum absolute atomic E-state index is 0.160. The summed E-state index contributed by atoms with van der Waals surface area (Å²) in [4.78, 5) is 14.7. The smallest absolute Gasteiger partial charge is 0.227 e. The van der Waals surface area contributed by atoms with Crippen LogP contribution in [0.5, 0.6) is 0 Å². The molecule has 0 radical (unpaired) electrons. The monoisotopic (exact) mass is 292 g/mol. The lowest BCUT2D eigenvalue weighted by Crippen LogP contribution is -2.36. The molecule has 0 saturated heterocycles. The van der Waals surface area contributed by atoms with E-state index in [2.05, 4.69) is 0 Å². The molecule has 1 amide bonds. The normalized spacial score (nSPS) is 14.1. The van der Waals surface area contributed by atoms with Crippen molar-refractivity contribution in [2.45, 2.75) is 25.3 Å². The Balaban J connectivity index is 1.96. The van der Waals surface area contributed by atoms with Crippen LogP contribution < -0.4 is 5.73 Å². The molecule has 108 valence electrons. The number of benzene rings is 1. The molecule has 0 heterocycles. The van der Waals surface area contributed by atoms with Gasteiger partial charge in [-0.05, 0) is 18.4 Å². The van der Waals surface area contributed by atoms with Gasteiger partial charge in [0.05, 0.1) is 13.0 Å². The Morgan fingerprint density at radius 1 is 1.40 bits per heavy atom. The lowest BCUT2D eigenvalue weighted by molar-refractivity contribution is -0.131. The highest BCUT2D eigenvalue weighted by atomic mass is 32.1. The third-order valence-electron chi connectivity index (χ3n) is 3.44. The summed E-state index contributed by atoms with van der Waals surface area (Å²) >= 11 is 4.91. The van der Waals surface area contributed by atoms with Gasteiger partial charge in [-0.1, -0.05) is 36.5 Å². The number of rotatable bonds is 7. The number of carbonyl (C=O) groups is 1. The second kappa shape index (κ2) is 6.81. The number of nitrogens with zero attached hydrogens (tertiary/aromatic N) is 1. The van der Waals surface area contributed by atoms with Gasteiger partial charge < -0.3 is 15.4 Å². The van der Waals surface area contributed by atoms with E-state index in [1.54, 1.807) is 7.11 Å². The van der Waals surface area contributed by atoms with E-state index in [-0.39, 0.29) is 5.91 Å². The van der Waals surface area contributed by atoms with Crippen molar-refractivity contribution in [2.24, 2.45) is 5.73 Å². The molecule has 1 aliphatic carbocycles. The molecule has 1 fully saturated rings. The van der Waals surface area contributed by atoms with Crippen molar-refractivity contribution in [3.05, 3.63) is 35.4 Å². The molecule has 0 bridgehead atoms. The lowest BCUT2D eigenvalue weighted by atomic mass is 10.1. The van der Waals surface area contributed by atoms with E-state index in [9.17, 15) is 4.79 Å². The Kier molecular flexibility index (Phi) is 5.09. The van der Waals surface area contributed by atoms with Gasteiger partial charge in [0.25, 0.3) is 0 Å². The Labute approximate surface area is 124 Å². The van der Waals surface area contributed by atoms with Gasteiger partial charge in [0.2, 0.25) is 5.91 Å². The summed E-state index contributed by atoms with van der Waals surface area (Å²) in [7, 11) is 1.66. The molecule has 4 nitrogen and oxygen atoms in total. The van der Waals surface area contributed by atoms with Crippen LogP contribution in [-0.4, -0.2) is 42.1 Å². The fourth-order valence-electron chi connectivity index (χ4n) is 2.15. The average molecular weight is 292 g/mol. The maximum Gasteiger partial charge on any atom is 0.227 e. The van der Waals surface area contributed by atoms with Crippen LogP contribution in [-0.2, 0) is 16.0 Å². The van der Waals surface area contributed by atoms with Crippen LogP contribution >= 0.6 is 12.2 Å². The third-order valence-corrected chi connectivity index (χ3v) is 3.67. The second-order valence-corrected chi connectivity index (χ2v) is 5.49. The number of methoxy groups -OCH3 is 1. The van der Waals surface area contributed by atoms with Crippen molar-refractivity contribution >= 4 is 23.1 Å². The molecule has 5 heteroatoms. The zero-order chi connectivity index (χ0) is 14.5. The van der Waals surface area contributed by atoms with Gasteiger partial charge in [0, 0.05) is 25.3 Å². The van der Waals surface area contributed by atoms with E-state index >= 15 is 0 Å². The van der Waals surface area contributed by atoms with E-state index < -0.39 is 0 Å². The van der Waals surface area contributed by atoms with Crippen molar-refractivity contribution < 1.29 is 9.53 Å². The van der Waals surface area contributed by atoms with Crippen LogP contribution in [0, 0.1) is 0 Å². The van der Waals surface area contributed by atoms with E-state index in [0.29, 0.717) is 30.6 Å².